The largest absolute Gasteiger partial charge is 0.449 e. The summed E-state index contributed by atoms with van der Waals surface area (Å²) in [4.78, 5) is 0. The zero-order valence-corrected chi connectivity index (χ0v) is 8.47. The van der Waals surface area contributed by atoms with Crippen molar-refractivity contribution in [1.29, 1.82) is 0 Å². The first-order valence-corrected chi connectivity index (χ1v) is 5.08. The van der Waals surface area contributed by atoms with Crippen LogP contribution in [0.15, 0.2) is 10.5 Å². The van der Waals surface area contributed by atoms with Gasteiger partial charge < -0.3 is 10.2 Å². The van der Waals surface area contributed by atoms with Crippen LogP contribution in [-0.4, -0.2) is 6.54 Å². The quantitative estimate of drug-likeness (QED) is 0.795. The molecule has 2 unspecified atom stereocenters. The predicted molar refractivity (Wildman–Crippen MR) is 53.0 cm³/mol. The molecule has 0 spiro atoms. The van der Waals surface area contributed by atoms with E-state index in [9.17, 15) is 0 Å². The summed E-state index contributed by atoms with van der Waals surface area (Å²) >= 11 is 5.79. The van der Waals surface area contributed by atoms with E-state index in [0.29, 0.717) is 23.6 Å². The second kappa shape index (κ2) is 3.35. The lowest BCUT2D eigenvalue weighted by Gasteiger charge is -2.15. The highest BCUT2D eigenvalue weighted by Crippen LogP contribution is 2.40. The van der Waals surface area contributed by atoms with Crippen molar-refractivity contribution in [3.63, 3.8) is 0 Å². The highest BCUT2D eigenvalue weighted by Gasteiger charge is 2.30. The van der Waals surface area contributed by atoms with E-state index >= 15 is 0 Å². The molecule has 2 rings (SSSR count). The summed E-state index contributed by atoms with van der Waals surface area (Å²) in [7, 11) is 0. The molecular weight excluding hydrogens is 186 g/mol. The fourth-order valence-electron chi connectivity index (χ4n) is 2.07. The van der Waals surface area contributed by atoms with Crippen LogP contribution < -0.4 is 5.73 Å². The summed E-state index contributed by atoms with van der Waals surface area (Å²) in [6.45, 7) is 2.87. The molecule has 2 N–H and O–H groups in total. The van der Waals surface area contributed by atoms with E-state index in [4.69, 9.17) is 21.8 Å². The van der Waals surface area contributed by atoms with Crippen LogP contribution in [-0.2, 0) is 6.42 Å². The van der Waals surface area contributed by atoms with Crippen molar-refractivity contribution in [2.45, 2.75) is 25.7 Å². The zero-order valence-electron chi connectivity index (χ0n) is 7.72. The summed E-state index contributed by atoms with van der Waals surface area (Å²) in [5, 5.41) is 0.513. The van der Waals surface area contributed by atoms with E-state index in [-0.39, 0.29) is 0 Å². The third-order valence-corrected chi connectivity index (χ3v) is 3.12. The van der Waals surface area contributed by atoms with Gasteiger partial charge in [-0.1, -0.05) is 6.92 Å². The Morgan fingerprint density at radius 3 is 3.23 bits per heavy atom. The zero-order chi connectivity index (χ0) is 9.42. The van der Waals surface area contributed by atoms with Gasteiger partial charge in [0.15, 0.2) is 5.22 Å². The maximum atomic E-state index is 5.79. The third-order valence-electron chi connectivity index (χ3n) is 2.93. The number of hydrogen-bond acceptors (Lipinski definition) is 2. The van der Waals surface area contributed by atoms with E-state index in [2.05, 4.69) is 6.92 Å². The van der Waals surface area contributed by atoms with Crippen molar-refractivity contribution >= 4 is 11.6 Å². The molecular formula is C10H14ClNO. The Labute approximate surface area is 83.1 Å². The van der Waals surface area contributed by atoms with Crippen molar-refractivity contribution in [3.05, 3.63) is 22.6 Å². The molecule has 0 aliphatic heterocycles. The molecule has 72 valence electrons. The standard InChI is InChI=1S/C10H14ClNO/c1-6(5-12)8-3-2-7-4-9(11)13-10(7)8/h4,6,8H,2-3,5,12H2,1H3. The molecule has 1 aromatic heterocycles. The first kappa shape index (κ1) is 9.10. The van der Waals surface area contributed by atoms with Gasteiger partial charge in [-0.05, 0) is 48.5 Å². The summed E-state index contributed by atoms with van der Waals surface area (Å²) in [5.41, 5.74) is 6.91. The average Bonchev–Trinajstić information content (AvgIpc) is 2.61. The number of furan rings is 1. The van der Waals surface area contributed by atoms with Gasteiger partial charge in [0.2, 0.25) is 0 Å². The molecule has 0 amide bonds. The van der Waals surface area contributed by atoms with Crippen LogP contribution in [0, 0.1) is 5.92 Å². The van der Waals surface area contributed by atoms with Gasteiger partial charge in [0, 0.05) is 5.92 Å². The minimum Gasteiger partial charge on any atom is -0.449 e. The van der Waals surface area contributed by atoms with Gasteiger partial charge in [-0.15, -0.1) is 0 Å². The summed E-state index contributed by atoms with van der Waals surface area (Å²) in [6.07, 6.45) is 2.24. The van der Waals surface area contributed by atoms with E-state index in [0.717, 1.165) is 18.6 Å². The predicted octanol–water partition coefficient (Wildman–Crippen LogP) is 2.56. The van der Waals surface area contributed by atoms with E-state index in [1.807, 2.05) is 6.07 Å². The van der Waals surface area contributed by atoms with Crippen LogP contribution in [0.25, 0.3) is 0 Å². The Bertz CT molecular complexity index is 308. The molecule has 0 bridgehead atoms. The Balaban J connectivity index is 2.26. The first-order chi connectivity index (χ1) is 6.22. The van der Waals surface area contributed by atoms with Crippen LogP contribution in [0.4, 0.5) is 0 Å². The topological polar surface area (TPSA) is 39.2 Å². The second-order valence-electron chi connectivity index (χ2n) is 3.80. The van der Waals surface area contributed by atoms with Crippen LogP contribution in [0.1, 0.15) is 30.6 Å². The summed E-state index contributed by atoms with van der Waals surface area (Å²) < 4.78 is 5.47. The maximum Gasteiger partial charge on any atom is 0.193 e. The number of rotatable bonds is 2. The minimum atomic E-state index is 0.479. The normalized spacial score (nSPS) is 23.2. The monoisotopic (exact) mass is 199 g/mol. The van der Waals surface area contributed by atoms with Crippen molar-refractivity contribution in [2.24, 2.45) is 11.7 Å². The fourth-order valence-corrected chi connectivity index (χ4v) is 2.28. The fraction of sp³-hybridized carbons (Fsp3) is 0.600. The van der Waals surface area contributed by atoms with Crippen molar-refractivity contribution < 1.29 is 4.42 Å². The molecule has 0 saturated heterocycles. The molecule has 1 aromatic rings. The molecule has 1 aliphatic carbocycles. The lowest BCUT2D eigenvalue weighted by atomic mass is 9.93. The van der Waals surface area contributed by atoms with E-state index in [1.54, 1.807) is 0 Å². The average molecular weight is 200 g/mol. The van der Waals surface area contributed by atoms with Crippen LogP contribution in [0.2, 0.25) is 5.22 Å². The van der Waals surface area contributed by atoms with Gasteiger partial charge in [0.1, 0.15) is 5.76 Å². The lowest BCUT2D eigenvalue weighted by molar-refractivity contribution is 0.387. The SMILES string of the molecule is CC(CN)C1CCc2cc(Cl)oc21. The molecule has 3 heteroatoms. The lowest BCUT2D eigenvalue weighted by Crippen LogP contribution is -2.17. The van der Waals surface area contributed by atoms with Gasteiger partial charge in [-0.25, -0.2) is 0 Å². The van der Waals surface area contributed by atoms with Gasteiger partial charge in [0.05, 0.1) is 0 Å². The van der Waals surface area contributed by atoms with Crippen molar-refractivity contribution in [1.82, 2.24) is 0 Å². The Hall–Kier alpha value is -0.470. The van der Waals surface area contributed by atoms with Crippen molar-refractivity contribution in [3.8, 4) is 0 Å². The van der Waals surface area contributed by atoms with Crippen LogP contribution in [0.3, 0.4) is 0 Å². The second-order valence-corrected chi connectivity index (χ2v) is 4.17. The first-order valence-electron chi connectivity index (χ1n) is 4.70. The van der Waals surface area contributed by atoms with Gasteiger partial charge >= 0.3 is 0 Å². The van der Waals surface area contributed by atoms with Gasteiger partial charge in [-0.2, -0.15) is 0 Å². The molecule has 2 nitrogen and oxygen atoms in total. The number of fused-ring (bicyclic) bond motifs is 1. The Morgan fingerprint density at radius 2 is 2.54 bits per heavy atom. The molecule has 2 atom stereocenters. The molecule has 1 aliphatic rings. The Morgan fingerprint density at radius 1 is 1.77 bits per heavy atom. The molecule has 13 heavy (non-hydrogen) atoms. The molecule has 1 heterocycles. The van der Waals surface area contributed by atoms with E-state index in [1.165, 1.54) is 5.56 Å². The smallest absolute Gasteiger partial charge is 0.193 e. The Kier molecular flexibility index (Phi) is 2.35. The third kappa shape index (κ3) is 1.49. The number of hydrogen-bond donors (Lipinski definition) is 1. The molecule has 0 radical (unpaired) electrons. The maximum absolute atomic E-state index is 5.79. The van der Waals surface area contributed by atoms with Crippen LogP contribution >= 0.6 is 11.6 Å². The van der Waals surface area contributed by atoms with Gasteiger partial charge in [-0.3, -0.25) is 0 Å². The molecule has 0 aromatic carbocycles. The molecule has 0 saturated carbocycles. The summed E-state index contributed by atoms with van der Waals surface area (Å²) in [6, 6.07) is 1.93. The highest BCUT2D eigenvalue weighted by atomic mass is 35.5. The number of aryl methyl sites for hydroxylation is 1. The van der Waals surface area contributed by atoms with Crippen LogP contribution in [0.5, 0.6) is 0 Å². The minimum absolute atomic E-state index is 0.479. The number of nitrogens with two attached hydrogens (primary N) is 1. The summed E-state index contributed by atoms with van der Waals surface area (Å²) in [5.74, 6) is 2.04. The van der Waals surface area contributed by atoms with Crippen molar-refractivity contribution in [2.75, 3.05) is 6.54 Å². The van der Waals surface area contributed by atoms with E-state index < -0.39 is 0 Å². The van der Waals surface area contributed by atoms with Gasteiger partial charge in [0.25, 0.3) is 0 Å². The molecule has 0 fully saturated rings. The number of halogens is 1. The highest BCUT2D eigenvalue weighted by molar-refractivity contribution is 6.28.